The highest BCUT2D eigenvalue weighted by Crippen LogP contribution is 2.39. The van der Waals surface area contributed by atoms with Crippen molar-refractivity contribution in [2.75, 3.05) is 5.75 Å². The molecule has 1 unspecified atom stereocenters. The standard InChI is InChI=1S/C17H22N2OS/c1-12(2)13-4-8-15(9-5-13)21-10-16(20)19-17(3,11-18)14-6-7-14/h4-5,8-9,12,14H,6-7,10H2,1-3H3,(H,19,20). The van der Waals surface area contributed by atoms with Crippen LogP contribution >= 0.6 is 11.8 Å². The van der Waals surface area contributed by atoms with Crippen molar-refractivity contribution in [3.63, 3.8) is 0 Å². The second kappa shape index (κ2) is 6.53. The number of hydrogen-bond donors (Lipinski definition) is 1. The number of thioether (sulfide) groups is 1. The zero-order valence-electron chi connectivity index (χ0n) is 12.8. The summed E-state index contributed by atoms with van der Waals surface area (Å²) in [5.41, 5.74) is 0.605. The summed E-state index contributed by atoms with van der Waals surface area (Å²) < 4.78 is 0. The van der Waals surface area contributed by atoms with Crippen LogP contribution in [0.3, 0.4) is 0 Å². The highest BCUT2D eigenvalue weighted by molar-refractivity contribution is 8.00. The molecule has 4 heteroatoms. The van der Waals surface area contributed by atoms with E-state index in [0.29, 0.717) is 17.6 Å². The van der Waals surface area contributed by atoms with Crippen LogP contribution in [0, 0.1) is 17.2 Å². The van der Waals surface area contributed by atoms with Crippen molar-refractivity contribution in [1.29, 1.82) is 5.26 Å². The molecule has 1 fully saturated rings. The molecule has 1 aliphatic rings. The van der Waals surface area contributed by atoms with Crippen LogP contribution in [0.1, 0.15) is 45.1 Å². The first-order chi connectivity index (χ1) is 9.94. The predicted octanol–water partition coefficient (Wildman–Crippen LogP) is 3.71. The Morgan fingerprint density at radius 2 is 2.05 bits per heavy atom. The highest BCUT2D eigenvalue weighted by Gasteiger charge is 2.42. The van der Waals surface area contributed by atoms with Crippen molar-refractivity contribution in [3.8, 4) is 6.07 Å². The Morgan fingerprint density at radius 1 is 1.43 bits per heavy atom. The topological polar surface area (TPSA) is 52.9 Å². The number of carbonyl (C=O) groups excluding carboxylic acids is 1. The molecule has 2 rings (SSSR count). The van der Waals surface area contributed by atoms with Crippen LogP contribution in [-0.4, -0.2) is 17.2 Å². The summed E-state index contributed by atoms with van der Waals surface area (Å²) in [5, 5.41) is 12.1. The lowest BCUT2D eigenvalue weighted by molar-refractivity contribution is -0.119. The Balaban J connectivity index is 1.85. The minimum absolute atomic E-state index is 0.0658. The maximum Gasteiger partial charge on any atom is 0.231 e. The summed E-state index contributed by atoms with van der Waals surface area (Å²) >= 11 is 1.51. The summed E-state index contributed by atoms with van der Waals surface area (Å²) in [6.07, 6.45) is 2.07. The molecule has 0 bridgehead atoms. The fourth-order valence-corrected chi connectivity index (χ4v) is 3.00. The quantitative estimate of drug-likeness (QED) is 0.815. The van der Waals surface area contributed by atoms with Crippen LogP contribution < -0.4 is 5.32 Å². The van der Waals surface area contributed by atoms with Crippen LogP contribution in [-0.2, 0) is 4.79 Å². The van der Waals surface area contributed by atoms with E-state index in [4.69, 9.17) is 0 Å². The van der Waals surface area contributed by atoms with Gasteiger partial charge in [-0.3, -0.25) is 4.79 Å². The Labute approximate surface area is 131 Å². The summed E-state index contributed by atoms with van der Waals surface area (Å²) in [6.45, 7) is 6.15. The number of nitrogens with one attached hydrogen (secondary N) is 1. The van der Waals surface area contributed by atoms with Gasteiger partial charge < -0.3 is 5.32 Å². The van der Waals surface area contributed by atoms with Gasteiger partial charge in [0, 0.05) is 4.90 Å². The molecule has 1 saturated carbocycles. The number of amides is 1. The smallest absolute Gasteiger partial charge is 0.231 e. The second-order valence-corrected chi connectivity index (χ2v) is 7.20. The fourth-order valence-electron chi connectivity index (χ4n) is 2.31. The van der Waals surface area contributed by atoms with Crippen molar-refractivity contribution in [1.82, 2.24) is 5.32 Å². The number of carbonyl (C=O) groups is 1. The van der Waals surface area contributed by atoms with Crippen LogP contribution in [0.15, 0.2) is 29.2 Å². The molecule has 0 spiro atoms. The first-order valence-electron chi connectivity index (χ1n) is 7.39. The maximum atomic E-state index is 12.0. The Hall–Kier alpha value is -1.47. The predicted molar refractivity (Wildman–Crippen MR) is 86.1 cm³/mol. The molecule has 0 heterocycles. The first-order valence-corrected chi connectivity index (χ1v) is 8.38. The number of hydrogen-bond acceptors (Lipinski definition) is 3. The maximum absolute atomic E-state index is 12.0. The van der Waals surface area contributed by atoms with Crippen LogP contribution in [0.4, 0.5) is 0 Å². The minimum atomic E-state index is -0.695. The number of nitriles is 1. The van der Waals surface area contributed by atoms with E-state index in [1.54, 1.807) is 0 Å². The lowest BCUT2D eigenvalue weighted by Crippen LogP contribution is -2.47. The SMILES string of the molecule is CC(C)c1ccc(SCC(=O)NC(C)(C#N)C2CC2)cc1. The summed E-state index contributed by atoms with van der Waals surface area (Å²) in [6, 6.07) is 10.6. The van der Waals surface area contributed by atoms with E-state index in [2.05, 4.69) is 49.5 Å². The number of nitrogens with zero attached hydrogens (tertiary/aromatic N) is 1. The molecule has 0 aliphatic heterocycles. The Kier molecular flexibility index (Phi) is 4.95. The largest absolute Gasteiger partial charge is 0.337 e. The average Bonchev–Trinajstić information content (AvgIpc) is 3.30. The van der Waals surface area contributed by atoms with Crippen molar-refractivity contribution in [2.45, 2.75) is 50.0 Å². The fraction of sp³-hybridized carbons (Fsp3) is 0.529. The zero-order valence-corrected chi connectivity index (χ0v) is 13.7. The van der Waals surface area contributed by atoms with Gasteiger partial charge in [-0.05, 0) is 49.3 Å². The molecule has 1 aromatic rings. The second-order valence-electron chi connectivity index (χ2n) is 6.15. The van der Waals surface area contributed by atoms with E-state index in [1.165, 1.54) is 17.3 Å². The molecule has 0 aromatic heterocycles. The zero-order chi connectivity index (χ0) is 15.5. The van der Waals surface area contributed by atoms with Gasteiger partial charge in [-0.2, -0.15) is 5.26 Å². The van der Waals surface area contributed by atoms with Crippen molar-refractivity contribution in [3.05, 3.63) is 29.8 Å². The molecule has 1 amide bonds. The number of rotatable bonds is 6. The van der Waals surface area contributed by atoms with Crippen molar-refractivity contribution in [2.24, 2.45) is 5.92 Å². The molecule has 0 saturated heterocycles. The number of benzene rings is 1. The Morgan fingerprint density at radius 3 is 2.52 bits per heavy atom. The third kappa shape index (κ3) is 4.25. The van der Waals surface area contributed by atoms with Gasteiger partial charge in [0.15, 0.2) is 0 Å². The average molecular weight is 302 g/mol. The minimum Gasteiger partial charge on any atom is -0.337 e. The van der Waals surface area contributed by atoms with Gasteiger partial charge in [0.1, 0.15) is 5.54 Å². The third-order valence-corrected chi connectivity index (χ3v) is 4.95. The molecule has 0 radical (unpaired) electrons. The third-order valence-electron chi connectivity index (χ3n) is 3.94. The van der Waals surface area contributed by atoms with E-state index in [0.717, 1.165) is 17.7 Å². The van der Waals surface area contributed by atoms with Crippen molar-refractivity contribution < 1.29 is 4.79 Å². The van der Waals surface area contributed by atoms with Crippen LogP contribution in [0.25, 0.3) is 0 Å². The lowest BCUT2D eigenvalue weighted by Gasteiger charge is -2.22. The summed E-state index contributed by atoms with van der Waals surface area (Å²) in [4.78, 5) is 13.1. The van der Waals surface area contributed by atoms with Gasteiger partial charge >= 0.3 is 0 Å². The molecule has 3 nitrogen and oxygen atoms in total. The molecule has 112 valence electrons. The summed E-state index contributed by atoms with van der Waals surface area (Å²) in [7, 11) is 0. The van der Waals surface area contributed by atoms with Gasteiger partial charge in [-0.25, -0.2) is 0 Å². The molecule has 1 aliphatic carbocycles. The van der Waals surface area contributed by atoms with E-state index in [9.17, 15) is 10.1 Å². The Bertz CT molecular complexity index is 543. The van der Waals surface area contributed by atoms with E-state index >= 15 is 0 Å². The lowest BCUT2D eigenvalue weighted by atomic mass is 9.98. The molecule has 1 atom stereocenters. The van der Waals surface area contributed by atoms with Gasteiger partial charge in [0.25, 0.3) is 0 Å². The van der Waals surface area contributed by atoms with Crippen LogP contribution in [0.2, 0.25) is 0 Å². The summed E-state index contributed by atoms with van der Waals surface area (Å²) in [5.74, 6) is 1.12. The first kappa shape index (κ1) is 15.9. The van der Waals surface area contributed by atoms with E-state index in [-0.39, 0.29) is 5.91 Å². The molecular weight excluding hydrogens is 280 g/mol. The van der Waals surface area contributed by atoms with Crippen molar-refractivity contribution >= 4 is 17.7 Å². The van der Waals surface area contributed by atoms with Gasteiger partial charge in [0.2, 0.25) is 5.91 Å². The van der Waals surface area contributed by atoms with Gasteiger partial charge in [-0.15, -0.1) is 11.8 Å². The molecule has 1 aromatic carbocycles. The van der Waals surface area contributed by atoms with Gasteiger partial charge in [-0.1, -0.05) is 26.0 Å². The molecule has 1 N–H and O–H groups in total. The van der Waals surface area contributed by atoms with E-state index in [1.807, 2.05) is 6.92 Å². The van der Waals surface area contributed by atoms with Crippen LogP contribution in [0.5, 0.6) is 0 Å². The molecular formula is C17H22N2OS. The van der Waals surface area contributed by atoms with Gasteiger partial charge in [0.05, 0.1) is 11.8 Å². The van der Waals surface area contributed by atoms with E-state index < -0.39 is 5.54 Å². The highest BCUT2D eigenvalue weighted by atomic mass is 32.2. The normalized spacial score (nSPS) is 17.1. The monoisotopic (exact) mass is 302 g/mol. The molecule has 21 heavy (non-hydrogen) atoms.